The number of ether oxygens (including phenoxy) is 1. The standard InChI is InChI=1S/C15H13NO3S/c1-9-12(10(2)19-16-9)8-18-15(17)14-7-11-5-3-4-6-13(11)20-14/h3-7H,8H2,1-2H3. The van der Waals surface area contributed by atoms with Crippen molar-refractivity contribution in [3.05, 3.63) is 52.2 Å². The number of fused-ring (bicyclic) bond motifs is 1. The van der Waals surface area contributed by atoms with Crippen LogP contribution in [0, 0.1) is 13.8 Å². The predicted molar refractivity (Wildman–Crippen MR) is 76.9 cm³/mol. The van der Waals surface area contributed by atoms with E-state index in [9.17, 15) is 4.79 Å². The number of rotatable bonds is 3. The van der Waals surface area contributed by atoms with Gasteiger partial charge in [-0.2, -0.15) is 0 Å². The van der Waals surface area contributed by atoms with E-state index < -0.39 is 0 Å². The molecule has 0 atom stereocenters. The molecule has 0 fully saturated rings. The van der Waals surface area contributed by atoms with Gasteiger partial charge in [0.2, 0.25) is 0 Å². The van der Waals surface area contributed by atoms with Crippen molar-refractivity contribution >= 4 is 27.4 Å². The van der Waals surface area contributed by atoms with Gasteiger partial charge in [0.1, 0.15) is 17.2 Å². The number of thiophene rings is 1. The first-order valence-electron chi connectivity index (χ1n) is 6.22. The summed E-state index contributed by atoms with van der Waals surface area (Å²) in [6, 6.07) is 9.74. The summed E-state index contributed by atoms with van der Waals surface area (Å²) in [7, 11) is 0. The topological polar surface area (TPSA) is 52.3 Å². The van der Waals surface area contributed by atoms with E-state index in [2.05, 4.69) is 5.16 Å². The summed E-state index contributed by atoms with van der Waals surface area (Å²) < 4.78 is 11.5. The van der Waals surface area contributed by atoms with Gasteiger partial charge < -0.3 is 9.26 Å². The molecule has 0 aliphatic heterocycles. The number of hydrogen-bond donors (Lipinski definition) is 0. The smallest absolute Gasteiger partial charge is 0.348 e. The summed E-state index contributed by atoms with van der Waals surface area (Å²) in [4.78, 5) is 12.7. The van der Waals surface area contributed by atoms with E-state index >= 15 is 0 Å². The Labute approximate surface area is 120 Å². The molecule has 0 spiro atoms. The molecule has 102 valence electrons. The number of aryl methyl sites for hydroxylation is 2. The largest absolute Gasteiger partial charge is 0.456 e. The van der Waals surface area contributed by atoms with Crippen LogP contribution in [0.1, 0.15) is 26.7 Å². The highest BCUT2D eigenvalue weighted by Crippen LogP contribution is 2.26. The van der Waals surface area contributed by atoms with Gasteiger partial charge in [0.15, 0.2) is 0 Å². The quantitative estimate of drug-likeness (QED) is 0.686. The molecule has 0 N–H and O–H groups in total. The zero-order chi connectivity index (χ0) is 14.1. The second kappa shape index (κ2) is 5.09. The van der Waals surface area contributed by atoms with Crippen LogP contribution in [-0.2, 0) is 11.3 Å². The van der Waals surface area contributed by atoms with Crippen molar-refractivity contribution in [1.82, 2.24) is 5.16 Å². The normalized spacial score (nSPS) is 10.9. The second-order valence-electron chi connectivity index (χ2n) is 4.53. The molecule has 2 heterocycles. The number of benzene rings is 1. The van der Waals surface area contributed by atoms with E-state index in [1.807, 2.05) is 44.2 Å². The van der Waals surface area contributed by atoms with Crippen LogP contribution in [0.5, 0.6) is 0 Å². The van der Waals surface area contributed by atoms with Gasteiger partial charge in [-0.05, 0) is 31.4 Å². The third-order valence-electron chi connectivity index (χ3n) is 3.16. The van der Waals surface area contributed by atoms with E-state index in [0.717, 1.165) is 21.3 Å². The molecule has 0 bridgehead atoms. The predicted octanol–water partition coefficient (Wildman–Crippen LogP) is 3.86. The highest BCUT2D eigenvalue weighted by Gasteiger charge is 2.15. The molecule has 20 heavy (non-hydrogen) atoms. The van der Waals surface area contributed by atoms with E-state index in [4.69, 9.17) is 9.26 Å². The molecule has 2 aromatic heterocycles. The average molecular weight is 287 g/mol. The van der Waals surface area contributed by atoms with Crippen LogP contribution in [0.15, 0.2) is 34.9 Å². The first kappa shape index (κ1) is 12.9. The molecular formula is C15H13NO3S. The Morgan fingerprint density at radius 3 is 2.85 bits per heavy atom. The van der Waals surface area contributed by atoms with Crippen LogP contribution >= 0.6 is 11.3 Å². The molecule has 3 rings (SSSR count). The Hall–Kier alpha value is -2.14. The van der Waals surface area contributed by atoms with Crippen LogP contribution in [0.4, 0.5) is 0 Å². The third-order valence-corrected chi connectivity index (χ3v) is 4.25. The molecule has 0 radical (unpaired) electrons. The summed E-state index contributed by atoms with van der Waals surface area (Å²) in [6.45, 7) is 3.83. The highest BCUT2D eigenvalue weighted by atomic mass is 32.1. The summed E-state index contributed by atoms with van der Waals surface area (Å²) in [5, 5.41) is 4.90. The zero-order valence-corrected chi connectivity index (χ0v) is 12.0. The Morgan fingerprint density at radius 2 is 2.15 bits per heavy atom. The van der Waals surface area contributed by atoms with Gasteiger partial charge in [0.25, 0.3) is 0 Å². The maximum Gasteiger partial charge on any atom is 0.348 e. The number of carbonyl (C=O) groups excluding carboxylic acids is 1. The summed E-state index contributed by atoms with van der Waals surface area (Å²) in [6.07, 6.45) is 0. The fourth-order valence-corrected chi connectivity index (χ4v) is 2.96. The minimum Gasteiger partial charge on any atom is -0.456 e. The Bertz CT molecular complexity index is 720. The lowest BCUT2D eigenvalue weighted by atomic mass is 10.2. The molecule has 4 nitrogen and oxygen atoms in total. The Kier molecular flexibility index (Phi) is 3.28. The van der Waals surface area contributed by atoms with Crippen LogP contribution in [0.3, 0.4) is 0 Å². The summed E-state index contributed by atoms with van der Waals surface area (Å²) in [5.74, 6) is 0.373. The summed E-state index contributed by atoms with van der Waals surface area (Å²) in [5.41, 5.74) is 1.59. The minimum atomic E-state index is -0.314. The number of aromatic nitrogens is 1. The molecule has 5 heteroatoms. The van der Waals surface area contributed by atoms with E-state index in [0.29, 0.717) is 10.6 Å². The van der Waals surface area contributed by atoms with Crippen LogP contribution in [0.2, 0.25) is 0 Å². The van der Waals surface area contributed by atoms with Crippen molar-refractivity contribution in [3.63, 3.8) is 0 Å². The van der Waals surface area contributed by atoms with E-state index in [1.165, 1.54) is 11.3 Å². The van der Waals surface area contributed by atoms with Crippen molar-refractivity contribution in [2.24, 2.45) is 0 Å². The number of nitrogens with zero attached hydrogens (tertiary/aromatic N) is 1. The lowest BCUT2D eigenvalue weighted by Crippen LogP contribution is -2.04. The third kappa shape index (κ3) is 2.32. The SMILES string of the molecule is Cc1noc(C)c1COC(=O)c1cc2ccccc2s1. The van der Waals surface area contributed by atoms with Gasteiger partial charge in [0.05, 0.1) is 11.3 Å². The molecule has 0 saturated heterocycles. The monoisotopic (exact) mass is 287 g/mol. The first-order chi connectivity index (χ1) is 9.65. The minimum absolute atomic E-state index is 0.189. The van der Waals surface area contributed by atoms with Crippen molar-refractivity contribution in [3.8, 4) is 0 Å². The number of carbonyl (C=O) groups is 1. The average Bonchev–Trinajstić information content (AvgIpc) is 3.01. The van der Waals surface area contributed by atoms with Gasteiger partial charge >= 0.3 is 5.97 Å². The van der Waals surface area contributed by atoms with Crippen molar-refractivity contribution < 1.29 is 14.1 Å². The molecule has 0 aliphatic rings. The van der Waals surface area contributed by atoms with Crippen LogP contribution in [-0.4, -0.2) is 11.1 Å². The highest BCUT2D eigenvalue weighted by molar-refractivity contribution is 7.20. The van der Waals surface area contributed by atoms with Gasteiger partial charge in [-0.25, -0.2) is 4.79 Å². The number of esters is 1. The zero-order valence-electron chi connectivity index (χ0n) is 11.2. The molecular weight excluding hydrogens is 274 g/mol. The molecule has 3 aromatic rings. The van der Waals surface area contributed by atoms with Crippen molar-refractivity contribution in [2.45, 2.75) is 20.5 Å². The van der Waals surface area contributed by atoms with Crippen LogP contribution < -0.4 is 0 Å². The van der Waals surface area contributed by atoms with E-state index in [-0.39, 0.29) is 12.6 Å². The van der Waals surface area contributed by atoms with Crippen LogP contribution in [0.25, 0.3) is 10.1 Å². The van der Waals surface area contributed by atoms with Gasteiger partial charge in [-0.1, -0.05) is 23.4 Å². The Morgan fingerprint density at radius 1 is 1.35 bits per heavy atom. The fraction of sp³-hybridized carbons (Fsp3) is 0.200. The Balaban J connectivity index is 1.76. The maximum absolute atomic E-state index is 12.1. The molecule has 0 saturated carbocycles. The first-order valence-corrected chi connectivity index (χ1v) is 7.04. The fourth-order valence-electron chi connectivity index (χ4n) is 2.00. The lowest BCUT2D eigenvalue weighted by Gasteiger charge is -2.02. The molecule has 0 aliphatic carbocycles. The van der Waals surface area contributed by atoms with Gasteiger partial charge in [-0.3, -0.25) is 0 Å². The second-order valence-corrected chi connectivity index (χ2v) is 5.61. The summed E-state index contributed by atoms with van der Waals surface area (Å²) >= 11 is 1.44. The van der Waals surface area contributed by atoms with Gasteiger partial charge in [-0.15, -0.1) is 11.3 Å². The van der Waals surface area contributed by atoms with Gasteiger partial charge in [0, 0.05) is 4.70 Å². The molecule has 0 unspecified atom stereocenters. The number of hydrogen-bond acceptors (Lipinski definition) is 5. The molecule has 0 amide bonds. The maximum atomic E-state index is 12.1. The van der Waals surface area contributed by atoms with E-state index in [1.54, 1.807) is 0 Å². The van der Waals surface area contributed by atoms with Crippen molar-refractivity contribution in [2.75, 3.05) is 0 Å². The van der Waals surface area contributed by atoms with Crippen molar-refractivity contribution in [1.29, 1.82) is 0 Å². The molecule has 1 aromatic carbocycles. The lowest BCUT2D eigenvalue weighted by molar-refractivity contribution is 0.0477.